The third-order valence-corrected chi connectivity index (χ3v) is 3.78. The van der Waals surface area contributed by atoms with Gasteiger partial charge in [-0.15, -0.1) is 0 Å². The first-order chi connectivity index (χ1) is 9.69. The summed E-state index contributed by atoms with van der Waals surface area (Å²) in [6, 6.07) is 0.0168. The second kappa shape index (κ2) is 4.01. The van der Waals surface area contributed by atoms with Crippen molar-refractivity contribution in [3.63, 3.8) is 0 Å². The summed E-state index contributed by atoms with van der Waals surface area (Å²) in [7, 11) is 1.83. The Morgan fingerprint density at radius 3 is 3.25 bits per heavy atom. The van der Waals surface area contributed by atoms with Crippen molar-refractivity contribution in [1.82, 2.24) is 24.9 Å². The Balaban J connectivity index is 1.94. The first-order valence-corrected chi connectivity index (χ1v) is 6.41. The van der Waals surface area contributed by atoms with E-state index in [-0.39, 0.29) is 36.1 Å². The number of hydrogen-bond acceptors (Lipinski definition) is 7. The molecule has 0 spiro atoms. The van der Waals surface area contributed by atoms with Crippen molar-refractivity contribution in [3.05, 3.63) is 16.7 Å². The lowest BCUT2D eigenvalue weighted by Crippen LogP contribution is -2.50. The molecule has 1 saturated heterocycles. The fourth-order valence-electron chi connectivity index (χ4n) is 2.91. The molecule has 3 N–H and O–H groups in total. The van der Waals surface area contributed by atoms with E-state index in [9.17, 15) is 9.90 Å². The lowest BCUT2D eigenvalue weighted by molar-refractivity contribution is -0.0294. The lowest BCUT2D eigenvalue weighted by Gasteiger charge is -2.34. The van der Waals surface area contributed by atoms with Gasteiger partial charge in [0.05, 0.1) is 25.1 Å². The number of hydrazine groups is 1. The van der Waals surface area contributed by atoms with Gasteiger partial charge in [-0.2, -0.15) is 0 Å². The van der Waals surface area contributed by atoms with Crippen molar-refractivity contribution in [3.8, 4) is 0 Å². The number of nitrogens with zero attached hydrogens (tertiary/aromatic N) is 4. The van der Waals surface area contributed by atoms with Gasteiger partial charge in [-0.05, 0) is 6.42 Å². The van der Waals surface area contributed by atoms with Crippen molar-refractivity contribution < 1.29 is 9.84 Å². The second-order valence-corrected chi connectivity index (χ2v) is 5.05. The van der Waals surface area contributed by atoms with E-state index < -0.39 is 0 Å². The monoisotopic (exact) mass is 278 g/mol. The van der Waals surface area contributed by atoms with Gasteiger partial charge in [-0.25, -0.2) is 15.4 Å². The molecule has 3 atom stereocenters. The average Bonchev–Trinajstić information content (AvgIpc) is 3.00. The van der Waals surface area contributed by atoms with Crippen molar-refractivity contribution in [2.24, 2.45) is 0 Å². The van der Waals surface area contributed by atoms with E-state index in [4.69, 9.17) is 4.74 Å². The molecule has 2 aromatic heterocycles. The number of nitrogens with one attached hydrogen (secondary N) is 2. The van der Waals surface area contributed by atoms with E-state index in [1.807, 2.05) is 7.05 Å². The third-order valence-electron chi connectivity index (χ3n) is 3.78. The third kappa shape index (κ3) is 1.45. The first-order valence-electron chi connectivity index (χ1n) is 6.41. The molecule has 9 heteroatoms. The van der Waals surface area contributed by atoms with Gasteiger partial charge in [0.25, 0.3) is 5.56 Å². The first kappa shape index (κ1) is 11.8. The molecular formula is C11H14N6O3. The van der Waals surface area contributed by atoms with Crippen LogP contribution in [0.25, 0.3) is 11.2 Å². The van der Waals surface area contributed by atoms with Gasteiger partial charge >= 0.3 is 0 Å². The van der Waals surface area contributed by atoms with Crippen LogP contribution in [0.3, 0.4) is 0 Å². The van der Waals surface area contributed by atoms with Crippen LogP contribution in [0.2, 0.25) is 0 Å². The minimum atomic E-state index is -0.322. The van der Waals surface area contributed by atoms with Gasteiger partial charge in [0.15, 0.2) is 17.4 Å². The highest BCUT2D eigenvalue weighted by molar-refractivity contribution is 5.74. The number of aliphatic hydroxyl groups is 1. The zero-order valence-electron chi connectivity index (χ0n) is 10.8. The molecule has 2 aliphatic heterocycles. The average molecular weight is 278 g/mol. The normalized spacial score (nSPS) is 28.7. The predicted molar refractivity (Wildman–Crippen MR) is 69.1 cm³/mol. The zero-order chi connectivity index (χ0) is 13.9. The Morgan fingerprint density at radius 1 is 1.60 bits per heavy atom. The summed E-state index contributed by atoms with van der Waals surface area (Å²) in [5.74, 6) is 0.573. The summed E-state index contributed by atoms with van der Waals surface area (Å²) < 4.78 is 7.63. The number of aromatic amines is 1. The Morgan fingerprint density at radius 2 is 2.45 bits per heavy atom. The Hall–Kier alpha value is -1.97. The van der Waals surface area contributed by atoms with E-state index in [1.165, 1.54) is 6.33 Å². The molecule has 0 aromatic carbocycles. The molecule has 4 heterocycles. The van der Waals surface area contributed by atoms with Gasteiger partial charge in [-0.3, -0.25) is 14.4 Å². The van der Waals surface area contributed by atoms with Gasteiger partial charge in [0.2, 0.25) is 5.95 Å². The molecule has 4 rings (SSSR count). The van der Waals surface area contributed by atoms with Crippen LogP contribution in [0.1, 0.15) is 12.6 Å². The van der Waals surface area contributed by atoms with Crippen LogP contribution in [0.4, 0.5) is 5.95 Å². The summed E-state index contributed by atoms with van der Waals surface area (Å²) >= 11 is 0. The van der Waals surface area contributed by atoms with Crippen molar-refractivity contribution >= 4 is 17.1 Å². The Labute approximate surface area is 113 Å². The summed E-state index contributed by atoms with van der Waals surface area (Å²) in [4.78, 5) is 22.9. The number of fused-ring (bicyclic) bond motifs is 5. The highest BCUT2D eigenvalue weighted by Gasteiger charge is 2.43. The molecular weight excluding hydrogens is 264 g/mol. The molecule has 3 unspecified atom stereocenters. The Kier molecular flexibility index (Phi) is 2.37. The molecule has 2 aromatic rings. The van der Waals surface area contributed by atoms with Crippen molar-refractivity contribution in [2.45, 2.75) is 24.8 Å². The minimum absolute atomic E-state index is 0.0168. The van der Waals surface area contributed by atoms with Gasteiger partial charge in [0.1, 0.15) is 0 Å². The fourth-order valence-corrected chi connectivity index (χ4v) is 2.91. The molecule has 0 radical (unpaired) electrons. The van der Waals surface area contributed by atoms with E-state index in [0.717, 1.165) is 0 Å². The second-order valence-electron chi connectivity index (χ2n) is 5.05. The maximum Gasteiger partial charge on any atom is 0.278 e. The van der Waals surface area contributed by atoms with Crippen LogP contribution in [-0.4, -0.2) is 50.4 Å². The molecule has 106 valence electrons. The fraction of sp³-hybridized carbons (Fsp3) is 0.545. The molecule has 0 saturated carbocycles. The molecule has 1 fully saturated rings. The summed E-state index contributed by atoms with van der Waals surface area (Å²) in [5.41, 5.74) is 3.75. The van der Waals surface area contributed by atoms with Crippen LogP contribution in [0.15, 0.2) is 11.1 Å². The van der Waals surface area contributed by atoms with E-state index >= 15 is 0 Å². The van der Waals surface area contributed by atoms with Crippen LogP contribution >= 0.6 is 0 Å². The maximum absolute atomic E-state index is 11.8. The molecule has 0 aliphatic carbocycles. The van der Waals surface area contributed by atoms with Crippen LogP contribution < -0.4 is 16.0 Å². The summed E-state index contributed by atoms with van der Waals surface area (Å²) in [6.45, 7) is -0.0334. The van der Waals surface area contributed by atoms with E-state index in [0.29, 0.717) is 18.0 Å². The van der Waals surface area contributed by atoms with Crippen LogP contribution in [-0.2, 0) is 4.74 Å². The summed E-state index contributed by atoms with van der Waals surface area (Å²) in [6.07, 6.45) is 1.50. The Bertz CT molecular complexity index is 725. The quantitative estimate of drug-likeness (QED) is 0.596. The lowest BCUT2D eigenvalue weighted by atomic mass is 10.1. The maximum atomic E-state index is 11.8. The van der Waals surface area contributed by atoms with Crippen LogP contribution in [0, 0.1) is 0 Å². The number of H-pyrrole nitrogens is 1. The number of anilines is 1. The topological polar surface area (TPSA) is 108 Å². The molecule has 9 nitrogen and oxygen atoms in total. The van der Waals surface area contributed by atoms with E-state index in [2.05, 4.69) is 20.4 Å². The number of imidazole rings is 1. The number of aromatic nitrogens is 4. The van der Waals surface area contributed by atoms with E-state index in [1.54, 1.807) is 9.58 Å². The zero-order valence-corrected chi connectivity index (χ0v) is 10.8. The highest BCUT2D eigenvalue weighted by atomic mass is 16.5. The van der Waals surface area contributed by atoms with Crippen molar-refractivity contribution in [2.75, 3.05) is 18.7 Å². The van der Waals surface area contributed by atoms with Gasteiger partial charge in [0, 0.05) is 7.05 Å². The number of rotatable bonds is 1. The SMILES string of the molecule is CN1NC2CC(CO)OC2n2c1nc1c(=O)[nH]cnc12. The van der Waals surface area contributed by atoms with Gasteiger partial charge in [-0.1, -0.05) is 0 Å². The van der Waals surface area contributed by atoms with Gasteiger partial charge < -0.3 is 14.8 Å². The largest absolute Gasteiger partial charge is 0.394 e. The van der Waals surface area contributed by atoms with Crippen LogP contribution in [0.5, 0.6) is 0 Å². The number of hydrogen-bond donors (Lipinski definition) is 3. The minimum Gasteiger partial charge on any atom is -0.394 e. The highest BCUT2D eigenvalue weighted by Crippen LogP contribution is 2.37. The number of ether oxygens (including phenoxy) is 1. The predicted octanol–water partition coefficient (Wildman–Crippen LogP) is -1.28. The van der Waals surface area contributed by atoms with Crippen molar-refractivity contribution in [1.29, 1.82) is 0 Å². The molecule has 0 bridgehead atoms. The molecule has 0 amide bonds. The molecule has 2 aliphatic rings. The summed E-state index contributed by atoms with van der Waals surface area (Å²) in [5, 5.41) is 11.0. The smallest absolute Gasteiger partial charge is 0.278 e. The number of aliphatic hydroxyl groups excluding tert-OH is 1. The standard InChI is InChI=1S/C11H14N6O3/c1-16-11-14-7-8(12-4-13-9(7)19)17(11)10-6(15-16)2-5(3-18)20-10/h4-6,10,15,18H,2-3H2,1H3,(H,12,13,19). The molecule has 20 heavy (non-hydrogen) atoms.